The molecule has 2 aliphatic rings. The third-order valence-electron chi connectivity index (χ3n) is 4.32. The molecular formula is C15H17F3N2O2. The molecule has 0 saturated carbocycles. The molecule has 0 aromatic heterocycles. The van der Waals surface area contributed by atoms with Crippen molar-refractivity contribution in [3.8, 4) is 0 Å². The van der Waals surface area contributed by atoms with E-state index in [-0.39, 0.29) is 12.3 Å². The van der Waals surface area contributed by atoms with E-state index in [0.29, 0.717) is 19.4 Å². The van der Waals surface area contributed by atoms with Crippen LogP contribution in [0, 0.1) is 0 Å². The van der Waals surface area contributed by atoms with Gasteiger partial charge in [0, 0.05) is 5.69 Å². The number of carbonyl (C=O) groups is 1. The van der Waals surface area contributed by atoms with Crippen LogP contribution < -0.4 is 10.2 Å². The highest BCUT2D eigenvalue weighted by Crippen LogP contribution is 2.39. The van der Waals surface area contributed by atoms with Crippen molar-refractivity contribution in [1.82, 2.24) is 5.32 Å². The number of hydrogen-bond acceptors (Lipinski definition) is 3. The molecule has 120 valence electrons. The lowest BCUT2D eigenvalue weighted by molar-refractivity contribution is -0.137. The van der Waals surface area contributed by atoms with Gasteiger partial charge in [-0.1, -0.05) is 6.07 Å². The molecule has 4 nitrogen and oxygen atoms in total. The molecule has 1 atom stereocenters. The summed E-state index contributed by atoms with van der Waals surface area (Å²) < 4.78 is 43.9. The summed E-state index contributed by atoms with van der Waals surface area (Å²) in [6, 6.07) is 4.88. The Hall–Kier alpha value is -1.76. The van der Waals surface area contributed by atoms with Crippen LogP contribution in [-0.4, -0.2) is 31.3 Å². The lowest BCUT2D eigenvalue weighted by atomic mass is 9.89. The van der Waals surface area contributed by atoms with Gasteiger partial charge in [0.25, 0.3) is 0 Å². The second-order valence-corrected chi connectivity index (χ2v) is 5.77. The number of anilines is 1. The normalized spacial score (nSPS) is 26.1. The molecule has 1 aromatic carbocycles. The summed E-state index contributed by atoms with van der Waals surface area (Å²) in [4.78, 5) is 13.5. The molecule has 2 saturated heterocycles. The van der Waals surface area contributed by atoms with Gasteiger partial charge < -0.3 is 10.1 Å². The van der Waals surface area contributed by atoms with Crippen molar-refractivity contribution in [3.05, 3.63) is 29.8 Å². The molecule has 2 heterocycles. The van der Waals surface area contributed by atoms with Gasteiger partial charge in [0.2, 0.25) is 0 Å². The zero-order valence-electron chi connectivity index (χ0n) is 11.9. The van der Waals surface area contributed by atoms with Crippen LogP contribution in [0.3, 0.4) is 0 Å². The molecule has 1 N–H and O–H groups in total. The maximum Gasteiger partial charge on any atom is 0.416 e. The first-order valence-electron chi connectivity index (χ1n) is 7.27. The molecule has 0 radical (unpaired) electrons. The van der Waals surface area contributed by atoms with E-state index in [0.717, 1.165) is 25.1 Å². The Morgan fingerprint density at radius 3 is 2.82 bits per heavy atom. The lowest BCUT2D eigenvalue weighted by Crippen LogP contribution is -2.48. The smallest absolute Gasteiger partial charge is 0.416 e. The second kappa shape index (κ2) is 5.46. The molecule has 0 aliphatic carbocycles. The van der Waals surface area contributed by atoms with Crippen LogP contribution in [0.1, 0.15) is 24.8 Å². The Labute approximate surface area is 126 Å². The van der Waals surface area contributed by atoms with E-state index in [9.17, 15) is 18.0 Å². The number of ether oxygens (including phenoxy) is 1. The quantitative estimate of drug-likeness (QED) is 0.865. The summed E-state index contributed by atoms with van der Waals surface area (Å²) in [5.74, 6) is 0. The van der Waals surface area contributed by atoms with Crippen LogP contribution >= 0.6 is 0 Å². The number of alkyl halides is 3. The highest BCUT2D eigenvalue weighted by molar-refractivity contribution is 5.91. The minimum absolute atomic E-state index is 0.226. The van der Waals surface area contributed by atoms with Crippen LogP contribution in [0.4, 0.5) is 23.7 Å². The first-order chi connectivity index (χ1) is 10.4. The molecular weight excluding hydrogens is 297 g/mol. The Kier molecular flexibility index (Phi) is 3.76. The van der Waals surface area contributed by atoms with Crippen molar-refractivity contribution in [3.63, 3.8) is 0 Å². The maximum absolute atomic E-state index is 12.9. The number of amides is 1. The predicted molar refractivity (Wildman–Crippen MR) is 74.7 cm³/mol. The van der Waals surface area contributed by atoms with Crippen molar-refractivity contribution < 1.29 is 22.7 Å². The highest BCUT2D eigenvalue weighted by Gasteiger charge is 2.48. The largest absolute Gasteiger partial charge is 0.447 e. The second-order valence-electron chi connectivity index (χ2n) is 5.77. The number of nitrogens with one attached hydrogen (secondary N) is 1. The number of hydrogen-bond donors (Lipinski definition) is 1. The Morgan fingerprint density at radius 2 is 2.05 bits per heavy atom. The maximum atomic E-state index is 12.9. The third kappa shape index (κ3) is 2.65. The first-order valence-corrected chi connectivity index (χ1v) is 7.27. The molecule has 1 spiro atoms. The summed E-state index contributed by atoms with van der Waals surface area (Å²) in [7, 11) is 0. The van der Waals surface area contributed by atoms with E-state index in [1.54, 1.807) is 0 Å². The fraction of sp³-hybridized carbons (Fsp3) is 0.533. The zero-order valence-corrected chi connectivity index (χ0v) is 11.9. The van der Waals surface area contributed by atoms with Crippen LogP contribution in [0.15, 0.2) is 24.3 Å². The predicted octanol–water partition coefficient (Wildman–Crippen LogP) is 3.17. The fourth-order valence-corrected chi connectivity index (χ4v) is 3.20. The highest BCUT2D eigenvalue weighted by atomic mass is 19.4. The van der Waals surface area contributed by atoms with E-state index in [4.69, 9.17) is 4.74 Å². The van der Waals surface area contributed by atoms with Crippen LogP contribution in [0.25, 0.3) is 0 Å². The number of benzene rings is 1. The van der Waals surface area contributed by atoms with Crippen LogP contribution in [-0.2, 0) is 10.9 Å². The van der Waals surface area contributed by atoms with Gasteiger partial charge in [-0.3, -0.25) is 4.90 Å². The van der Waals surface area contributed by atoms with Gasteiger partial charge in [0.1, 0.15) is 6.61 Å². The summed E-state index contributed by atoms with van der Waals surface area (Å²) in [5.41, 5.74) is -1.06. The Morgan fingerprint density at radius 1 is 1.23 bits per heavy atom. The molecule has 1 amide bonds. The van der Waals surface area contributed by atoms with Crippen LogP contribution in [0.2, 0.25) is 0 Å². The van der Waals surface area contributed by atoms with Crippen molar-refractivity contribution in [1.29, 1.82) is 0 Å². The first kappa shape index (κ1) is 15.1. The van der Waals surface area contributed by atoms with Gasteiger partial charge in [0.15, 0.2) is 0 Å². The third-order valence-corrected chi connectivity index (χ3v) is 4.32. The minimum atomic E-state index is -4.43. The van der Waals surface area contributed by atoms with E-state index in [1.807, 2.05) is 0 Å². The van der Waals surface area contributed by atoms with Gasteiger partial charge in [-0.05, 0) is 50.6 Å². The summed E-state index contributed by atoms with van der Waals surface area (Å²) in [6.45, 7) is 1.78. The number of carbonyl (C=O) groups excluding carboxylic acids is 1. The topological polar surface area (TPSA) is 41.6 Å². The van der Waals surface area contributed by atoms with Gasteiger partial charge in [-0.15, -0.1) is 0 Å². The van der Waals surface area contributed by atoms with E-state index in [2.05, 4.69) is 5.32 Å². The molecule has 3 rings (SSSR count). The average Bonchev–Trinajstić information content (AvgIpc) is 2.64. The monoisotopic (exact) mass is 314 g/mol. The molecule has 1 aromatic rings. The molecule has 2 aliphatic heterocycles. The van der Waals surface area contributed by atoms with Gasteiger partial charge in [0.05, 0.1) is 11.1 Å². The van der Waals surface area contributed by atoms with Crippen LogP contribution in [0.5, 0.6) is 0 Å². The van der Waals surface area contributed by atoms with Crippen molar-refractivity contribution in [2.75, 3.05) is 24.6 Å². The minimum Gasteiger partial charge on any atom is -0.447 e. The standard InChI is InChI=1S/C15H17F3N2O2/c16-15(17,18)11-3-1-4-12(9-11)20-13(21)22-10-14(20)5-2-7-19-8-6-14/h1,3-4,9,19H,2,5-8,10H2. The van der Waals surface area contributed by atoms with Gasteiger partial charge in [-0.2, -0.15) is 13.2 Å². The zero-order chi connectivity index (χ0) is 15.8. The van der Waals surface area contributed by atoms with E-state index < -0.39 is 23.4 Å². The van der Waals surface area contributed by atoms with Gasteiger partial charge in [-0.25, -0.2) is 4.79 Å². The number of halogens is 3. The molecule has 22 heavy (non-hydrogen) atoms. The van der Waals surface area contributed by atoms with Crippen molar-refractivity contribution in [2.45, 2.75) is 31.0 Å². The molecule has 0 bridgehead atoms. The fourth-order valence-electron chi connectivity index (χ4n) is 3.20. The van der Waals surface area contributed by atoms with E-state index in [1.165, 1.54) is 17.0 Å². The molecule has 7 heteroatoms. The Balaban J connectivity index is 1.99. The Bertz CT molecular complexity index is 566. The summed E-state index contributed by atoms with van der Waals surface area (Å²) >= 11 is 0. The number of cyclic esters (lactones) is 1. The van der Waals surface area contributed by atoms with E-state index >= 15 is 0 Å². The molecule has 1 unspecified atom stereocenters. The lowest BCUT2D eigenvalue weighted by Gasteiger charge is -2.34. The average molecular weight is 314 g/mol. The summed E-state index contributed by atoms with van der Waals surface area (Å²) in [5, 5.41) is 3.25. The van der Waals surface area contributed by atoms with Crippen molar-refractivity contribution in [2.24, 2.45) is 0 Å². The SMILES string of the molecule is O=C1OCC2(CCCNCC2)N1c1cccc(C(F)(F)F)c1. The van der Waals surface area contributed by atoms with Gasteiger partial charge >= 0.3 is 12.3 Å². The molecule has 2 fully saturated rings. The number of nitrogens with zero attached hydrogens (tertiary/aromatic N) is 1. The van der Waals surface area contributed by atoms with Crippen molar-refractivity contribution >= 4 is 11.8 Å². The summed E-state index contributed by atoms with van der Waals surface area (Å²) in [6.07, 6.45) is -2.78. The number of rotatable bonds is 1.